The van der Waals surface area contributed by atoms with Gasteiger partial charge in [-0.05, 0) is 17.5 Å². The molecule has 0 heterocycles. The number of para-hydroxylation sites is 2. The Labute approximate surface area is 115 Å². The van der Waals surface area contributed by atoms with E-state index in [0.29, 0.717) is 5.75 Å². The highest BCUT2D eigenvalue weighted by atomic mass is 16.6. The Bertz CT molecular complexity index is 778. The third-order valence-corrected chi connectivity index (χ3v) is 3.03. The van der Waals surface area contributed by atoms with Crippen molar-refractivity contribution in [2.45, 2.75) is 0 Å². The molecule has 0 bridgehead atoms. The molecule has 20 heavy (non-hydrogen) atoms. The van der Waals surface area contributed by atoms with E-state index in [1.54, 1.807) is 24.3 Å². The van der Waals surface area contributed by atoms with Crippen LogP contribution in [0.25, 0.3) is 10.8 Å². The number of rotatable bonds is 3. The van der Waals surface area contributed by atoms with E-state index >= 15 is 0 Å². The van der Waals surface area contributed by atoms with Gasteiger partial charge >= 0.3 is 5.69 Å². The van der Waals surface area contributed by atoms with Crippen LogP contribution in [0, 0.1) is 10.1 Å². The van der Waals surface area contributed by atoms with Crippen molar-refractivity contribution in [2.24, 2.45) is 0 Å². The number of ether oxygens (including phenoxy) is 1. The van der Waals surface area contributed by atoms with Gasteiger partial charge in [0.05, 0.1) is 4.92 Å². The predicted molar refractivity (Wildman–Crippen MR) is 77.1 cm³/mol. The van der Waals surface area contributed by atoms with Crippen LogP contribution in [0.4, 0.5) is 5.69 Å². The maximum Gasteiger partial charge on any atom is 0.311 e. The number of nitro groups is 1. The van der Waals surface area contributed by atoms with E-state index in [1.807, 2.05) is 36.4 Å². The lowest BCUT2D eigenvalue weighted by Crippen LogP contribution is -1.93. The fourth-order valence-electron chi connectivity index (χ4n) is 2.10. The quantitative estimate of drug-likeness (QED) is 0.516. The van der Waals surface area contributed by atoms with Gasteiger partial charge in [-0.2, -0.15) is 0 Å². The van der Waals surface area contributed by atoms with Gasteiger partial charge in [-0.1, -0.05) is 48.5 Å². The van der Waals surface area contributed by atoms with Crippen molar-refractivity contribution in [3.05, 3.63) is 76.8 Å². The van der Waals surface area contributed by atoms with E-state index in [0.717, 1.165) is 10.8 Å². The Morgan fingerprint density at radius 2 is 1.45 bits per heavy atom. The van der Waals surface area contributed by atoms with Gasteiger partial charge in [0.1, 0.15) is 5.75 Å². The number of nitrogens with zero attached hydrogens (tertiary/aromatic N) is 1. The van der Waals surface area contributed by atoms with Crippen molar-refractivity contribution in [1.82, 2.24) is 0 Å². The van der Waals surface area contributed by atoms with Crippen molar-refractivity contribution in [3.63, 3.8) is 0 Å². The zero-order valence-corrected chi connectivity index (χ0v) is 10.5. The standard InChI is InChI=1S/C16H11NO3/c18-17(19)14-9-3-4-10-16(14)20-15-11-5-7-12-6-1-2-8-13(12)15/h1-11H. The maximum atomic E-state index is 11.0. The molecule has 0 radical (unpaired) electrons. The summed E-state index contributed by atoms with van der Waals surface area (Å²) in [5.41, 5.74) is -0.0413. The minimum Gasteiger partial charge on any atom is -0.449 e. The smallest absolute Gasteiger partial charge is 0.311 e. The van der Waals surface area contributed by atoms with Gasteiger partial charge in [-0.25, -0.2) is 0 Å². The van der Waals surface area contributed by atoms with Crippen LogP contribution >= 0.6 is 0 Å². The largest absolute Gasteiger partial charge is 0.449 e. The lowest BCUT2D eigenvalue weighted by atomic mass is 10.1. The van der Waals surface area contributed by atoms with Crippen molar-refractivity contribution in [2.75, 3.05) is 0 Å². The van der Waals surface area contributed by atoms with Gasteiger partial charge in [-0.15, -0.1) is 0 Å². The van der Waals surface area contributed by atoms with E-state index in [9.17, 15) is 10.1 Å². The van der Waals surface area contributed by atoms with Crippen molar-refractivity contribution in [3.8, 4) is 11.5 Å². The third-order valence-electron chi connectivity index (χ3n) is 3.03. The molecule has 3 aromatic rings. The summed E-state index contributed by atoms with van der Waals surface area (Å²) in [6.45, 7) is 0. The number of nitro benzene ring substituents is 1. The second-order valence-corrected chi connectivity index (χ2v) is 4.30. The minimum atomic E-state index is -0.444. The SMILES string of the molecule is O=[N+]([O-])c1ccccc1Oc1cccc2ccccc12. The highest BCUT2D eigenvalue weighted by molar-refractivity contribution is 5.88. The minimum absolute atomic E-state index is 0.0413. The first kappa shape index (κ1) is 12.2. The van der Waals surface area contributed by atoms with Crippen LogP contribution in [0.3, 0.4) is 0 Å². The molecule has 0 N–H and O–H groups in total. The molecule has 0 aliphatic carbocycles. The van der Waals surface area contributed by atoms with Gasteiger partial charge < -0.3 is 4.74 Å². The molecule has 0 aliphatic heterocycles. The van der Waals surface area contributed by atoms with Crippen LogP contribution < -0.4 is 4.74 Å². The zero-order chi connectivity index (χ0) is 13.9. The molecule has 0 aliphatic rings. The predicted octanol–water partition coefficient (Wildman–Crippen LogP) is 4.54. The Kier molecular flexibility index (Phi) is 3.05. The molecule has 98 valence electrons. The van der Waals surface area contributed by atoms with Gasteiger partial charge in [0.25, 0.3) is 0 Å². The summed E-state index contributed by atoms with van der Waals surface area (Å²) in [6, 6.07) is 19.8. The Morgan fingerprint density at radius 3 is 2.30 bits per heavy atom. The first-order chi connectivity index (χ1) is 9.75. The number of fused-ring (bicyclic) bond motifs is 1. The molecular weight excluding hydrogens is 254 g/mol. The normalized spacial score (nSPS) is 10.4. The Hall–Kier alpha value is -2.88. The zero-order valence-electron chi connectivity index (χ0n) is 10.5. The summed E-state index contributed by atoms with van der Waals surface area (Å²) in [6.07, 6.45) is 0. The number of hydrogen-bond acceptors (Lipinski definition) is 3. The third kappa shape index (κ3) is 2.19. The second-order valence-electron chi connectivity index (χ2n) is 4.30. The number of benzene rings is 3. The monoisotopic (exact) mass is 265 g/mol. The fraction of sp³-hybridized carbons (Fsp3) is 0. The summed E-state index contributed by atoms with van der Waals surface area (Å²) in [5.74, 6) is 0.853. The summed E-state index contributed by atoms with van der Waals surface area (Å²) in [5, 5.41) is 13.0. The van der Waals surface area contributed by atoms with Crippen molar-refractivity contribution >= 4 is 16.5 Å². The molecule has 0 fully saturated rings. The number of hydrogen-bond donors (Lipinski definition) is 0. The van der Waals surface area contributed by atoms with E-state index in [4.69, 9.17) is 4.74 Å². The molecule has 0 unspecified atom stereocenters. The van der Waals surface area contributed by atoms with E-state index in [2.05, 4.69) is 0 Å². The molecular formula is C16H11NO3. The van der Waals surface area contributed by atoms with E-state index in [1.165, 1.54) is 6.07 Å². The lowest BCUT2D eigenvalue weighted by molar-refractivity contribution is -0.385. The van der Waals surface area contributed by atoms with Crippen molar-refractivity contribution < 1.29 is 9.66 Å². The van der Waals surface area contributed by atoms with Gasteiger partial charge in [0.15, 0.2) is 0 Å². The average Bonchev–Trinajstić information content (AvgIpc) is 2.48. The summed E-state index contributed by atoms with van der Waals surface area (Å²) < 4.78 is 5.74. The molecule has 0 saturated carbocycles. The average molecular weight is 265 g/mol. The molecule has 4 heteroatoms. The molecule has 3 rings (SSSR count). The fourth-order valence-corrected chi connectivity index (χ4v) is 2.10. The van der Waals surface area contributed by atoms with Crippen LogP contribution in [-0.4, -0.2) is 4.92 Å². The van der Waals surface area contributed by atoms with E-state index < -0.39 is 4.92 Å². The summed E-state index contributed by atoms with van der Waals surface area (Å²) in [7, 11) is 0. The second kappa shape index (κ2) is 5.01. The van der Waals surface area contributed by atoms with Crippen LogP contribution in [-0.2, 0) is 0 Å². The van der Waals surface area contributed by atoms with Gasteiger partial charge in [0.2, 0.25) is 5.75 Å². The Morgan fingerprint density at radius 1 is 0.800 bits per heavy atom. The van der Waals surface area contributed by atoms with Crippen LogP contribution in [0.1, 0.15) is 0 Å². The molecule has 0 atom stereocenters. The van der Waals surface area contributed by atoms with E-state index in [-0.39, 0.29) is 11.4 Å². The molecule has 0 aromatic heterocycles. The summed E-state index contributed by atoms with van der Waals surface area (Å²) >= 11 is 0. The molecule has 0 amide bonds. The molecule has 0 saturated heterocycles. The summed E-state index contributed by atoms with van der Waals surface area (Å²) in [4.78, 5) is 10.6. The molecule has 0 spiro atoms. The van der Waals surface area contributed by atoms with Crippen molar-refractivity contribution in [1.29, 1.82) is 0 Å². The lowest BCUT2D eigenvalue weighted by Gasteiger charge is -2.09. The first-order valence-corrected chi connectivity index (χ1v) is 6.15. The van der Waals surface area contributed by atoms with Crippen LogP contribution in [0.2, 0.25) is 0 Å². The highest BCUT2D eigenvalue weighted by Gasteiger charge is 2.15. The highest BCUT2D eigenvalue weighted by Crippen LogP contribution is 2.34. The van der Waals surface area contributed by atoms with Gasteiger partial charge in [0, 0.05) is 11.5 Å². The molecule has 4 nitrogen and oxygen atoms in total. The maximum absolute atomic E-state index is 11.0. The van der Waals surface area contributed by atoms with Gasteiger partial charge in [-0.3, -0.25) is 10.1 Å². The topological polar surface area (TPSA) is 52.4 Å². The van der Waals surface area contributed by atoms with Crippen LogP contribution in [0.15, 0.2) is 66.7 Å². The van der Waals surface area contributed by atoms with Crippen LogP contribution in [0.5, 0.6) is 11.5 Å². The molecule has 3 aromatic carbocycles. The Balaban J connectivity index is 2.08. The first-order valence-electron chi connectivity index (χ1n) is 6.15.